The molecule has 0 spiro atoms. The Balaban J connectivity index is 2.14. The molecule has 0 unspecified atom stereocenters. The predicted octanol–water partition coefficient (Wildman–Crippen LogP) is 3.76. The molecule has 0 aliphatic rings. The van der Waals surface area contributed by atoms with Crippen LogP contribution in [0.5, 0.6) is 5.75 Å². The van der Waals surface area contributed by atoms with Gasteiger partial charge in [0.1, 0.15) is 11.6 Å². The molecule has 0 heterocycles. The highest BCUT2D eigenvalue weighted by molar-refractivity contribution is 5.47. The first kappa shape index (κ1) is 12.4. The topological polar surface area (TPSA) is 32.3 Å². The first-order valence-corrected chi connectivity index (χ1v) is 5.85. The number of anilines is 1. The molecule has 0 fully saturated rings. The average Bonchev–Trinajstić information content (AvgIpc) is 2.35. The zero-order valence-corrected chi connectivity index (χ0v) is 10.5. The monoisotopic (exact) mass is 245 g/mol. The van der Waals surface area contributed by atoms with Gasteiger partial charge in [0, 0.05) is 6.54 Å². The van der Waals surface area contributed by atoms with Gasteiger partial charge < -0.3 is 10.4 Å². The highest BCUT2D eigenvalue weighted by Crippen LogP contribution is 2.23. The maximum atomic E-state index is 13.4. The van der Waals surface area contributed by atoms with Crippen LogP contribution in [0.2, 0.25) is 0 Å². The minimum atomic E-state index is -0.260. The number of benzene rings is 2. The Kier molecular flexibility index (Phi) is 3.51. The lowest BCUT2D eigenvalue weighted by atomic mass is 10.1. The Morgan fingerprint density at radius 2 is 1.72 bits per heavy atom. The van der Waals surface area contributed by atoms with Gasteiger partial charge in [0.15, 0.2) is 0 Å². The van der Waals surface area contributed by atoms with Crippen molar-refractivity contribution in [3.05, 3.63) is 58.9 Å². The van der Waals surface area contributed by atoms with Crippen LogP contribution in [0, 0.1) is 19.7 Å². The van der Waals surface area contributed by atoms with E-state index in [2.05, 4.69) is 5.32 Å². The number of aromatic hydroxyl groups is 1. The summed E-state index contributed by atoms with van der Waals surface area (Å²) in [5, 5.41) is 12.7. The van der Waals surface area contributed by atoms with Crippen LogP contribution in [-0.4, -0.2) is 5.11 Å². The van der Waals surface area contributed by atoms with E-state index in [9.17, 15) is 9.50 Å². The molecule has 0 radical (unpaired) electrons. The van der Waals surface area contributed by atoms with Crippen molar-refractivity contribution in [2.24, 2.45) is 0 Å². The summed E-state index contributed by atoms with van der Waals surface area (Å²) in [5.74, 6) is 0.0642. The second-order valence-corrected chi connectivity index (χ2v) is 4.41. The molecule has 94 valence electrons. The lowest BCUT2D eigenvalue weighted by Crippen LogP contribution is -2.02. The van der Waals surface area contributed by atoms with Gasteiger partial charge in [-0.25, -0.2) is 4.39 Å². The first-order valence-electron chi connectivity index (χ1n) is 5.85. The fraction of sp³-hybridized carbons (Fsp3) is 0.200. The van der Waals surface area contributed by atoms with E-state index in [1.54, 1.807) is 18.2 Å². The van der Waals surface area contributed by atoms with Crippen LogP contribution in [0.1, 0.15) is 16.7 Å². The minimum Gasteiger partial charge on any atom is -0.507 e. The fourth-order valence-electron chi connectivity index (χ4n) is 1.95. The van der Waals surface area contributed by atoms with E-state index in [1.807, 2.05) is 26.0 Å². The SMILES string of the molecule is Cc1cc(CNc2ccccc2F)cc(C)c1O. The summed E-state index contributed by atoms with van der Waals surface area (Å²) in [7, 11) is 0. The molecule has 2 nitrogen and oxygen atoms in total. The number of hydrogen-bond acceptors (Lipinski definition) is 2. The molecule has 0 amide bonds. The Morgan fingerprint density at radius 3 is 2.33 bits per heavy atom. The molecule has 2 aromatic carbocycles. The Hall–Kier alpha value is -2.03. The second kappa shape index (κ2) is 5.08. The van der Waals surface area contributed by atoms with Gasteiger partial charge in [-0.05, 0) is 42.7 Å². The summed E-state index contributed by atoms with van der Waals surface area (Å²) in [4.78, 5) is 0. The number of hydrogen-bond donors (Lipinski definition) is 2. The summed E-state index contributed by atoms with van der Waals surface area (Å²) < 4.78 is 13.4. The maximum absolute atomic E-state index is 13.4. The molecular formula is C15H16FNO. The zero-order valence-electron chi connectivity index (χ0n) is 10.5. The number of para-hydroxylation sites is 1. The van der Waals surface area contributed by atoms with Crippen molar-refractivity contribution < 1.29 is 9.50 Å². The van der Waals surface area contributed by atoms with E-state index in [1.165, 1.54) is 6.07 Å². The number of phenols is 1. The van der Waals surface area contributed by atoms with Gasteiger partial charge in [0.25, 0.3) is 0 Å². The number of halogens is 1. The molecule has 0 saturated heterocycles. The molecule has 0 bridgehead atoms. The molecule has 3 heteroatoms. The lowest BCUT2D eigenvalue weighted by molar-refractivity contribution is 0.466. The first-order chi connectivity index (χ1) is 8.58. The van der Waals surface area contributed by atoms with Crippen LogP contribution in [0.15, 0.2) is 36.4 Å². The summed E-state index contributed by atoms with van der Waals surface area (Å²) >= 11 is 0. The molecule has 0 atom stereocenters. The van der Waals surface area contributed by atoms with E-state index in [0.29, 0.717) is 18.0 Å². The van der Waals surface area contributed by atoms with E-state index in [-0.39, 0.29) is 5.82 Å². The number of phenolic OH excluding ortho intramolecular Hbond substituents is 1. The minimum absolute atomic E-state index is 0.260. The quantitative estimate of drug-likeness (QED) is 0.863. The molecule has 0 saturated carbocycles. The summed E-state index contributed by atoms with van der Waals surface area (Å²) in [6, 6.07) is 10.4. The molecule has 2 N–H and O–H groups in total. The Labute approximate surface area is 106 Å². The van der Waals surface area contributed by atoms with Gasteiger partial charge in [0.2, 0.25) is 0 Å². The fourth-order valence-corrected chi connectivity index (χ4v) is 1.95. The molecule has 0 aliphatic heterocycles. The highest BCUT2D eigenvalue weighted by atomic mass is 19.1. The van der Waals surface area contributed by atoms with E-state index in [4.69, 9.17) is 0 Å². The van der Waals surface area contributed by atoms with Crippen LogP contribution in [-0.2, 0) is 6.54 Å². The molecule has 0 aliphatic carbocycles. The van der Waals surface area contributed by atoms with Crippen molar-refractivity contribution in [2.75, 3.05) is 5.32 Å². The van der Waals surface area contributed by atoms with Gasteiger partial charge in [-0.15, -0.1) is 0 Å². The Morgan fingerprint density at radius 1 is 1.11 bits per heavy atom. The summed E-state index contributed by atoms with van der Waals surface area (Å²) in [5.41, 5.74) is 3.17. The van der Waals surface area contributed by atoms with Crippen molar-refractivity contribution >= 4 is 5.69 Å². The maximum Gasteiger partial charge on any atom is 0.146 e. The van der Waals surface area contributed by atoms with E-state index >= 15 is 0 Å². The molecule has 0 aromatic heterocycles. The van der Waals surface area contributed by atoms with Crippen molar-refractivity contribution in [1.29, 1.82) is 0 Å². The van der Waals surface area contributed by atoms with Gasteiger partial charge in [0.05, 0.1) is 5.69 Å². The Bertz CT molecular complexity index is 543. The van der Waals surface area contributed by atoms with Gasteiger partial charge in [-0.1, -0.05) is 24.3 Å². The van der Waals surface area contributed by atoms with Crippen molar-refractivity contribution in [1.82, 2.24) is 0 Å². The predicted molar refractivity (Wildman–Crippen MR) is 71.3 cm³/mol. The molecule has 2 aromatic rings. The van der Waals surface area contributed by atoms with E-state index in [0.717, 1.165) is 16.7 Å². The smallest absolute Gasteiger partial charge is 0.146 e. The van der Waals surface area contributed by atoms with Crippen LogP contribution in [0.25, 0.3) is 0 Å². The van der Waals surface area contributed by atoms with Crippen molar-refractivity contribution in [3.8, 4) is 5.75 Å². The molecule has 2 rings (SSSR count). The van der Waals surface area contributed by atoms with Gasteiger partial charge >= 0.3 is 0 Å². The third kappa shape index (κ3) is 2.62. The average molecular weight is 245 g/mol. The van der Waals surface area contributed by atoms with Gasteiger partial charge in [-0.2, -0.15) is 0 Å². The normalized spacial score (nSPS) is 10.4. The number of aryl methyl sites for hydroxylation is 2. The van der Waals surface area contributed by atoms with Crippen LogP contribution >= 0.6 is 0 Å². The van der Waals surface area contributed by atoms with Crippen LogP contribution < -0.4 is 5.32 Å². The largest absolute Gasteiger partial charge is 0.507 e. The summed E-state index contributed by atoms with van der Waals surface area (Å²) in [6.07, 6.45) is 0. The summed E-state index contributed by atoms with van der Waals surface area (Å²) in [6.45, 7) is 4.24. The third-order valence-corrected chi connectivity index (χ3v) is 2.91. The van der Waals surface area contributed by atoms with Crippen molar-refractivity contribution in [2.45, 2.75) is 20.4 Å². The molecule has 18 heavy (non-hydrogen) atoms. The number of rotatable bonds is 3. The zero-order chi connectivity index (χ0) is 13.1. The van der Waals surface area contributed by atoms with Crippen LogP contribution in [0.3, 0.4) is 0 Å². The van der Waals surface area contributed by atoms with Crippen LogP contribution in [0.4, 0.5) is 10.1 Å². The highest BCUT2D eigenvalue weighted by Gasteiger charge is 2.04. The molecular weight excluding hydrogens is 229 g/mol. The van der Waals surface area contributed by atoms with Gasteiger partial charge in [-0.3, -0.25) is 0 Å². The second-order valence-electron chi connectivity index (χ2n) is 4.41. The number of nitrogens with one attached hydrogen (secondary N) is 1. The third-order valence-electron chi connectivity index (χ3n) is 2.91. The van der Waals surface area contributed by atoms with Crippen molar-refractivity contribution in [3.63, 3.8) is 0 Å². The van der Waals surface area contributed by atoms with E-state index < -0.39 is 0 Å². The lowest BCUT2D eigenvalue weighted by Gasteiger charge is -2.10. The standard InChI is InChI=1S/C15H16FNO/c1-10-7-12(8-11(2)15(10)18)9-17-14-6-4-3-5-13(14)16/h3-8,17-18H,9H2,1-2H3.